The number of hydrogen-bond acceptors (Lipinski definition) is 4. The summed E-state index contributed by atoms with van der Waals surface area (Å²) in [6, 6.07) is 0. The van der Waals surface area contributed by atoms with E-state index in [1.807, 2.05) is 6.92 Å². The molecule has 0 saturated carbocycles. The maximum atomic E-state index is 5.69. The molecule has 1 aromatic rings. The summed E-state index contributed by atoms with van der Waals surface area (Å²) >= 11 is 1.63. The van der Waals surface area contributed by atoms with Gasteiger partial charge in [0.1, 0.15) is 11.1 Å². The Kier molecular flexibility index (Phi) is 3.64. The highest BCUT2D eigenvalue weighted by molar-refractivity contribution is 7.09. The van der Waals surface area contributed by atoms with E-state index in [1.165, 1.54) is 0 Å². The number of rotatable bonds is 4. The molecule has 80 valence electrons. The van der Waals surface area contributed by atoms with Gasteiger partial charge >= 0.3 is 0 Å². The van der Waals surface area contributed by atoms with Crippen molar-refractivity contribution in [2.75, 3.05) is 13.7 Å². The second-order valence-corrected chi connectivity index (χ2v) is 4.93. The minimum absolute atomic E-state index is 0.0395. The predicted octanol–water partition coefficient (Wildman–Crippen LogP) is 2.09. The van der Waals surface area contributed by atoms with Crippen molar-refractivity contribution >= 4 is 11.3 Å². The molecule has 0 aliphatic carbocycles. The maximum Gasteiger partial charge on any atom is 0.121 e. The second kappa shape index (κ2) is 4.38. The molecule has 0 fully saturated rings. The minimum Gasteiger partial charge on any atom is -0.375 e. The molecule has 0 amide bonds. The SMILES string of the molecule is COC(C)c1nc(C(C)(C)CN)cs1. The summed E-state index contributed by atoms with van der Waals surface area (Å²) < 4.78 is 5.21. The highest BCUT2D eigenvalue weighted by Crippen LogP contribution is 2.27. The van der Waals surface area contributed by atoms with Crippen LogP contribution < -0.4 is 5.73 Å². The Bertz CT molecular complexity index is 296. The predicted molar refractivity (Wildman–Crippen MR) is 59.6 cm³/mol. The summed E-state index contributed by atoms with van der Waals surface area (Å²) in [5.74, 6) is 0. The third kappa shape index (κ3) is 2.32. The van der Waals surface area contributed by atoms with Crippen molar-refractivity contribution < 1.29 is 4.74 Å². The Morgan fingerprint density at radius 2 is 2.29 bits per heavy atom. The Hall–Kier alpha value is -0.450. The van der Waals surface area contributed by atoms with Gasteiger partial charge in [-0.3, -0.25) is 0 Å². The van der Waals surface area contributed by atoms with Crippen molar-refractivity contribution in [3.63, 3.8) is 0 Å². The fraction of sp³-hybridized carbons (Fsp3) is 0.700. The van der Waals surface area contributed by atoms with Crippen molar-refractivity contribution in [2.24, 2.45) is 5.73 Å². The molecule has 0 aromatic carbocycles. The van der Waals surface area contributed by atoms with E-state index in [2.05, 4.69) is 24.2 Å². The van der Waals surface area contributed by atoms with E-state index in [-0.39, 0.29) is 11.5 Å². The van der Waals surface area contributed by atoms with Gasteiger partial charge in [-0.1, -0.05) is 13.8 Å². The summed E-state index contributed by atoms with van der Waals surface area (Å²) in [6.45, 7) is 6.81. The van der Waals surface area contributed by atoms with Crippen LogP contribution in [0, 0.1) is 0 Å². The van der Waals surface area contributed by atoms with Gasteiger partial charge in [0.15, 0.2) is 0 Å². The molecule has 1 atom stereocenters. The lowest BCUT2D eigenvalue weighted by molar-refractivity contribution is 0.119. The van der Waals surface area contributed by atoms with E-state index in [4.69, 9.17) is 10.5 Å². The number of thiazole rings is 1. The first-order valence-electron chi connectivity index (χ1n) is 4.70. The molecule has 1 unspecified atom stereocenters. The summed E-state index contributed by atoms with van der Waals surface area (Å²) in [4.78, 5) is 4.54. The standard InChI is InChI=1S/C10H18N2OS/c1-7(13-4)9-12-8(5-14-9)10(2,3)6-11/h5,7H,6,11H2,1-4H3. The Morgan fingerprint density at radius 1 is 1.64 bits per heavy atom. The van der Waals surface area contributed by atoms with Crippen molar-refractivity contribution in [2.45, 2.75) is 32.3 Å². The fourth-order valence-corrected chi connectivity index (χ4v) is 2.03. The molecular formula is C10H18N2OS. The third-order valence-electron chi connectivity index (χ3n) is 2.43. The Labute approximate surface area is 89.3 Å². The van der Waals surface area contributed by atoms with Gasteiger partial charge < -0.3 is 10.5 Å². The van der Waals surface area contributed by atoms with Crippen molar-refractivity contribution in [3.05, 3.63) is 16.1 Å². The zero-order valence-electron chi connectivity index (χ0n) is 9.20. The average Bonchev–Trinajstić information content (AvgIpc) is 2.66. The van der Waals surface area contributed by atoms with Crippen LogP contribution in [0.4, 0.5) is 0 Å². The summed E-state index contributed by atoms with van der Waals surface area (Å²) in [5.41, 5.74) is 6.71. The molecule has 0 aliphatic rings. The molecule has 4 heteroatoms. The van der Waals surface area contributed by atoms with Gasteiger partial charge in [-0.05, 0) is 6.92 Å². The lowest BCUT2D eigenvalue weighted by atomic mass is 9.90. The van der Waals surface area contributed by atoms with Crippen molar-refractivity contribution in [3.8, 4) is 0 Å². The van der Waals surface area contributed by atoms with Gasteiger partial charge in [-0.25, -0.2) is 4.98 Å². The zero-order valence-corrected chi connectivity index (χ0v) is 10.0. The topological polar surface area (TPSA) is 48.1 Å². The first kappa shape index (κ1) is 11.6. The molecule has 2 N–H and O–H groups in total. The normalized spacial score (nSPS) is 14.4. The maximum absolute atomic E-state index is 5.69. The van der Waals surface area contributed by atoms with Crippen LogP contribution >= 0.6 is 11.3 Å². The van der Waals surface area contributed by atoms with Crippen LogP contribution in [0.3, 0.4) is 0 Å². The van der Waals surface area contributed by atoms with Crippen LogP contribution in [0.1, 0.15) is 37.6 Å². The van der Waals surface area contributed by atoms with Crippen LogP contribution in [-0.2, 0) is 10.2 Å². The first-order chi connectivity index (χ1) is 6.51. The number of methoxy groups -OCH3 is 1. The number of hydrogen-bond donors (Lipinski definition) is 1. The third-order valence-corrected chi connectivity index (χ3v) is 3.43. The molecule has 0 spiro atoms. The van der Waals surface area contributed by atoms with Crippen molar-refractivity contribution in [1.82, 2.24) is 4.98 Å². The molecule has 14 heavy (non-hydrogen) atoms. The van der Waals surface area contributed by atoms with Gasteiger partial charge in [-0.2, -0.15) is 0 Å². The van der Waals surface area contributed by atoms with Gasteiger partial charge in [-0.15, -0.1) is 11.3 Å². The van der Waals surface area contributed by atoms with E-state index in [9.17, 15) is 0 Å². The summed E-state index contributed by atoms with van der Waals surface area (Å²) in [5, 5.41) is 3.08. The molecule has 0 radical (unpaired) electrons. The number of aromatic nitrogens is 1. The average molecular weight is 214 g/mol. The molecule has 0 saturated heterocycles. The largest absolute Gasteiger partial charge is 0.375 e. The smallest absolute Gasteiger partial charge is 0.121 e. The van der Waals surface area contributed by atoms with Gasteiger partial charge in [0.25, 0.3) is 0 Å². The highest BCUT2D eigenvalue weighted by atomic mass is 32.1. The molecule has 3 nitrogen and oxygen atoms in total. The van der Waals surface area contributed by atoms with Crippen LogP contribution in [-0.4, -0.2) is 18.6 Å². The fourth-order valence-electron chi connectivity index (χ4n) is 0.991. The summed E-state index contributed by atoms with van der Waals surface area (Å²) in [6.07, 6.45) is 0.0716. The molecule has 1 aromatic heterocycles. The molecule has 1 rings (SSSR count). The Balaban J connectivity index is 2.88. The monoisotopic (exact) mass is 214 g/mol. The van der Waals surface area contributed by atoms with Crippen molar-refractivity contribution in [1.29, 1.82) is 0 Å². The first-order valence-corrected chi connectivity index (χ1v) is 5.58. The lowest BCUT2D eigenvalue weighted by Gasteiger charge is -2.19. The van der Waals surface area contributed by atoms with E-state index < -0.39 is 0 Å². The van der Waals surface area contributed by atoms with E-state index in [0.29, 0.717) is 6.54 Å². The zero-order chi connectivity index (χ0) is 10.8. The van der Waals surface area contributed by atoms with E-state index in [1.54, 1.807) is 18.4 Å². The second-order valence-electron chi connectivity index (χ2n) is 4.04. The van der Waals surface area contributed by atoms with Gasteiger partial charge in [0.05, 0.1) is 5.69 Å². The molecule has 0 bridgehead atoms. The highest BCUT2D eigenvalue weighted by Gasteiger charge is 2.22. The number of ether oxygens (including phenoxy) is 1. The molecule has 1 heterocycles. The van der Waals surface area contributed by atoms with Gasteiger partial charge in [0.2, 0.25) is 0 Å². The van der Waals surface area contributed by atoms with Gasteiger partial charge in [0, 0.05) is 24.4 Å². The minimum atomic E-state index is -0.0395. The van der Waals surface area contributed by atoms with E-state index >= 15 is 0 Å². The lowest BCUT2D eigenvalue weighted by Crippen LogP contribution is -2.28. The van der Waals surface area contributed by atoms with Crippen LogP contribution in [0.5, 0.6) is 0 Å². The van der Waals surface area contributed by atoms with Crippen LogP contribution in [0.15, 0.2) is 5.38 Å². The Morgan fingerprint density at radius 3 is 2.79 bits per heavy atom. The summed E-state index contributed by atoms with van der Waals surface area (Å²) in [7, 11) is 1.69. The number of nitrogens with zero attached hydrogens (tertiary/aromatic N) is 1. The molecule has 0 aliphatic heterocycles. The quantitative estimate of drug-likeness (QED) is 0.835. The van der Waals surface area contributed by atoms with Crippen LogP contribution in [0.25, 0.3) is 0 Å². The van der Waals surface area contributed by atoms with E-state index in [0.717, 1.165) is 10.7 Å². The number of nitrogens with two attached hydrogens (primary N) is 1. The molecular weight excluding hydrogens is 196 g/mol. The van der Waals surface area contributed by atoms with Crippen LogP contribution in [0.2, 0.25) is 0 Å².